The molecule has 1 aromatic carbocycles. The van der Waals surface area contributed by atoms with Crippen molar-refractivity contribution in [2.75, 3.05) is 25.0 Å². The minimum atomic E-state index is -0.531. The number of hydrogen-bond donors (Lipinski definition) is 1. The highest BCUT2D eigenvalue weighted by Gasteiger charge is 2.50. The number of anilines is 1. The number of hydrogen-bond acceptors (Lipinski definition) is 3. The van der Waals surface area contributed by atoms with E-state index < -0.39 is 5.41 Å². The van der Waals surface area contributed by atoms with E-state index in [0.29, 0.717) is 6.54 Å². The van der Waals surface area contributed by atoms with Gasteiger partial charge in [-0.3, -0.25) is 9.78 Å². The number of carbonyl (C=O) groups excluding carboxylic acids is 1. The molecule has 3 heterocycles. The Morgan fingerprint density at radius 1 is 1.29 bits per heavy atom. The van der Waals surface area contributed by atoms with Crippen LogP contribution in [-0.4, -0.2) is 35.4 Å². The molecule has 1 unspecified atom stereocenters. The third-order valence-corrected chi connectivity index (χ3v) is 5.12. The van der Waals surface area contributed by atoms with Gasteiger partial charge >= 0.3 is 0 Å². The number of nitrogens with zero attached hydrogens (tertiary/aromatic N) is 2. The quantitative estimate of drug-likeness (QED) is 0.944. The van der Waals surface area contributed by atoms with Crippen molar-refractivity contribution in [2.24, 2.45) is 0 Å². The average molecular weight is 325 g/mol. The molecule has 0 saturated carbocycles. The van der Waals surface area contributed by atoms with Crippen molar-refractivity contribution in [3.8, 4) is 0 Å². The first-order valence-electron chi connectivity index (χ1n) is 8.41. The smallest absolute Gasteiger partial charge is 0.238 e. The van der Waals surface area contributed by atoms with E-state index in [1.807, 2.05) is 18.2 Å². The summed E-state index contributed by atoms with van der Waals surface area (Å²) in [5.41, 5.74) is 2.18. The Hall–Kier alpha value is -2.27. The van der Waals surface area contributed by atoms with E-state index in [1.165, 1.54) is 6.07 Å². The van der Waals surface area contributed by atoms with Gasteiger partial charge in [-0.2, -0.15) is 0 Å². The number of likely N-dealkylation sites (tertiary alicyclic amines) is 1. The van der Waals surface area contributed by atoms with E-state index in [0.717, 1.165) is 49.3 Å². The van der Waals surface area contributed by atoms with E-state index in [-0.39, 0.29) is 11.7 Å². The number of halogens is 1. The average Bonchev–Trinajstić information content (AvgIpc) is 2.85. The molecule has 1 saturated heterocycles. The summed E-state index contributed by atoms with van der Waals surface area (Å²) in [7, 11) is 0. The number of piperidine rings is 1. The molecule has 24 heavy (non-hydrogen) atoms. The van der Waals surface area contributed by atoms with Gasteiger partial charge in [0.25, 0.3) is 0 Å². The first-order chi connectivity index (χ1) is 11.7. The van der Waals surface area contributed by atoms with Crippen molar-refractivity contribution in [3.63, 3.8) is 0 Å². The van der Waals surface area contributed by atoms with Crippen LogP contribution in [0.4, 0.5) is 10.1 Å². The maximum absolute atomic E-state index is 13.3. The van der Waals surface area contributed by atoms with Gasteiger partial charge in [-0.1, -0.05) is 12.1 Å². The third kappa shape index (κ3) is 2.59. The van der Waals surface area contributed by atoms with Crippen LogP contribution < -0.4 is 5.32 Å². The van der Waals surface area contributed by atoms with Crippen LogP contribution in [0.5, 0.6) is 0 Å². The number of pyridine rings is 1. The highest BCUT2D eigenvalue weighted by Crippen LogP contribution is 2.42. The summed E-state index contributed by atoms with van der Waals surface area (Å²) in [5.74, 6) is -0.137. The predicted molar refractivity (Wildman–Crippen MR) is 90.3 cm³/mol. The number of amides is 1. The molecule has 0 bridgehead atoms. The minimum Gasteiger partial charge on any atom is -0.324 e. The van der Waals surface area contributed by atoms with Crippen LogP contribution in [0.25, 0.3) is 0 Å². The van der Waals surface area contributed by atoms with Crippen LogP contribution in [0.1, 0.15) is 24.1 Å². The van der Waals surface area contributed by atoms with Gasteiger partial charge in [0.2, 0.25) is 5.91 Å². The molecule has 0 aliphatic carbocycles. The van der Waals surface area contributed by atoms with Crippen LogP contribution >= 0.6 is 0 Å². The fraction of sp³-hybridized carbons (Fsp3) is 0.368. The number of aromatic nitrogens is 1. The first kappa shape index (κ1) is 15.3. The topological polar surface area (TPSA) is 45.2 Å². The summed E-state index contributed by atoms with van der Waals surface area (Å²) < 4.78 is 13.3. The molecule has 1 aromatic heterocycles. The fourth-order valence-electron chi connectivity index (χ4n) is 3.93. The summed E-state index contributed by atoms with van der Waals surface area (Å²) in [5, 5.41) is 2.98. The van der Waals surface area contributed by atoms with Gasteiger partial charge in [-0.15, -0.1) is 0 Å². The predicted octanol–water partition coefficient (Wildman–Crippen LogP) is 2.75. The number of fused-ring (bicyclic) bond motifs is 2. The Morgan fingerprint density at radius 3 is 3.08 bits per heavy atom. The monoisotopic (exact) mass is 325 g/mol. The highest BCUT2D eigenvalue weighted by atomic mass is 19.1. The molecule has 1 spiro atoms. The fourth-order valence-corrected chi connectivity index (χ4v) is 3.93. The molecular formula is C19H20FN3O. The first-order valence-corrected chi connectivity index (χ1v) is 8.41. The molecule has 2 aliphatic heterocycles. The molecule has 1 amide bonds. The van der Waals surface area contributed by atoms with Gasteiger partial charge in [0.1, 0.15) is 11.2 Å². The Bertz CT molecular complexity index is 779. The zero-order chi connectivity index (χ0) is 16.6. The number of benzene rings is 1. The Labute approximate surface area is 140 Å². The van der Waals surface area contributed by atoms with E-state index in [1.54, 1.807) is 18.3 Å². The number of carbonyl (C=O) groups is 1. The molecule has 1 fully saturated rings. The molecule has 4 rings (SSSR count). The SMILES string of the molecule is O=C1Nc2cccnc2C12CCCN(CCc1cccc(F)c1)C2. The summed E-state index contributed by atoms with van der Waals surface area (Å²) in [6, 6.07) is 10.5. The van der Waals surface area contributed by atoms with Crippen LogP contribution in [0.3, 0.4) is 0 Å². The van der Waals surface area contributed by atoms with Gasteiger partial charge in [0, 0.05) is 19.3 Å². The lowest BCUT2D eigenvalue weighted by Crippen LogP contribution is -2.50. The normalized spacial score (nSPS) is 23.3. The van der Waals surface area contributed by atoms with E-state index in [9.17, 15) is 9.18 Å². The van der Waals surface area contributed by atoms with Crippen molar-refractivity contribution in [3.05, 3.63) is 59.7 Å². The molecule has 1 N–H and O–H groups in total. The summed E-state index contributed by atoms with van der Waals surface area (Å²) in [6.45, 7) is 2.46. The lowest BCUT2D eigenvalue weighted by Gasteiger charge is -2.38. The zero-order valence-corrected chi connectivity index (χ0v) is 13.5. The summed E-state index contributed by atoms with van der Waals surface area (Å²) >= 11 is 0. The second-order valence-electron chi connectivity index (χ2n) is 6.70. The van der Waals surface area contributed by atoms with Gasteiger partial charge in [0.05, 0.1) is 11.4 Å². The molecule has 2 aliphatic rings. The molecule has 5 heteroatoms. The summed E-state index contributed by atoms with van der Waals surface area (Å²) in [6.07, 6.45) is 4.34. The lowest BCUT2D eigenvalue weighted by molar-refractivity contribution is -0.122. The standard InChI is InChI=1S/C19H20FN3O/c20-15-5-1-4-14(12-15)7-11-23-10-3-8-19(13-23)17-16(22-18(19)24)6-2-9-21-17/h1-2,4-6,9,12H,3,7-8,10-11,13H2,(H,22,24). The van der Waals surface area contributed by atoms with Crippen molar-refractivity contribution >= 4 is 11.6 Å². The van der Waals surface area contributed by atoms with Crippen LogP contribution in [0.15, 0.2) is 42.6 Å². The second-order valence-corrected chi connectivity index (χ2v) is 6.70. The largest absolute Gasteiger partial charge is 0.324 e. The van der Waals surface area contributed by atoms with E-state index >= 15 is 0 Å². The van der Waals surface area contributed by atoms with Crippen LogP contribution in [0, 0.1) is 5.82 Å². The lowest BCUT2D eigenvalue weighted by atomic mass is 9.77. The Morgan fingerprint density at radius 2 is 2.21 bits per heavy atom. The van der Waals surface area contributed by atoms with E-state index in [4.69, 9.17) is 0 Å². The van der Waals surface area contributed by atoms with Crippen molar-refractivity contribution in [2.45, 2.75) is 24.7 Å². The Balaban J connectivity index is 1.51. The van der Waals surface area contributed by atoms with Crippen molar-refractivity contribution in [1.29, 1.82) is 0 Å². The molecule has 4 nitrogen and oxygen atoms in total. The molecular weight excluding hydrogens is 305 g/mol. The molecule has 0 radical (unpaired) electrons. The van der Waals surface area contributed by atoms with Gasteiger partial charge in [-0.05, 0) is 55.6 Å². The molecule has 1 atom stereocenters. The number of rotatable bonds is 3. The van der Waals surface area contributed by atoms with Crippen molar-refractivity contribution in [1.82, 2.24) is 9.88 Å². The van der Waals surface area contributed by atoms with Crippen LogP contribution in [0.2, 0.25) is 0 Å². The van der Waals surface area contributed by atoms with E-state index in [2.05, 4.69) is 15.2 Å². The highest BCUT2D eigenvalue weighted by molar-refractivity contribution is 6.05. The van der Waals surface area contributed by atoms with Crippen LogP contribution in [-0.2, 0) is 16.6 Å². The van der Waals surface area contributed by atoms with Gasteiger partial charge in [-0.25, -0.2) is 4.39 Å². The molecule has 124 valence electrons. The van der Waals surface area contributed by atoms with Crippen molar-refractivity contribution < 1.29 is 9.18 Å². The second kappa shape index (κ2) is 5.98. The minimum absolute atomic E-state index is 0.0617. The van der Waals surface area contributed by atoms with Gasteiger partial charge < -0.3 is 10.2 Å². The number of nitrogens with one attached hydrogen (secondary N) is 1. The maximum atomic E-state index is 13.3. The third-order valence-electron chi connectivity index (χ3n) is 5.12. The zero-order valence-electron chi connectivity index (χ0n) is 13.5. The Kier molecular flexibility index (Phi) is 3.81. The maximum Gasteiger partial charge on any atom is 0.238 e. The van der Waals surface area contributed by atoms with Gasteiger partial charge in [0.15, 0.2) is 0 Å². The summed E-state index contributed by atoms with van der Waals surface area (Å²) in [4.78, 5) is 19.4. The molecule has 2 aromatic rings.